The van der Waals surface area contributed by atoms with Gasteiger partial charge in [-0.3, -0.25) is 9.69 Å². The van der Waals surface area contributed by atoms with Crippen molar-refractivity contribution in [1.29, 1.82) is 0 Å². The number of anilines is 1. The van der Waals surface area contributed by atoms with Gasteiger partial charge in [-0.05, 0) is 44.5 Å². The number of nitrogens with one attached hydrogen (secondary N) is 1. The summed E-state index contributed by atoms with van der Waals surface area (Å²) in [5, 5.41) is 13.4. The summed E-state index contributed by atoms with van der Waals surface area (Å²) in [5.74, 6) is -0.150. The van der Waals surface area contributed by atoms with E-state index < -0.39 is 0 Å². The Morgan fingerprint density at radius 2 is 2.25 bits per heavy atom. The second-order valence-corrected chi connectivity index (χ2v) is 5.92. The number of β-amino-alcohol motifs (C(OH)–C–C–N with tert-alkyl or cyclic N) is 1. The number of carbonyl (C=O) groups excluding carboxylic acids is 1. The Bertz CT molecular complexity index is 496. The van der Waals surface area contributed by atoms with Gasteiger partial charge in [-0.1, -0.05) is 23.2 Å². The van der Waals surface area contributed by atoms with E-state index in [1.807, 2.05) is 11.8 Å². The molecule has 0 aliphatic carbocycles. The molecule has 1 aromatic carbocycles. The van der Waals surface area contributed by atoms with Gasteiger partial charge in [-0.15, -0.1) is 0 Å². The number of hydrogen-bond donors (Lipinski definition) is 2. The first-order valence-electron chi connectivity index (χ1n) is 6.65. The summed E-state index contributed by atoms with van der Waals surface area (Å²) in [6, 6.07) is 4.62. The molecule has 0 radical (unpaired) electrons. The van der Waals surface area contributed by atoms with Crippen molar-refractivity contribution in [1.82, 2.24) is 4.90 Å². The fourth-order valence-electron chi connectivity index (χ4n) is 2.33. The van der Waals surface area contributed by atoms with Crippen LogP contribution in [0.3, 0.4) is 0 Å². The fraction of sp³-hybridized carbons (Fsp3) is 0.500. The Hall–Kier alpha value is -0.810. The molecule has 0 bridgehead atoms. The van der Waals surface area contributed by atoms with Gasteiger partial charge in [0.05, 0.1) is 22.9 Å². The minimum atomic E-state index is -0.353. The van der Waals surface area contributed by atoms with E-state index in [4.69, 9.17) is 23.2 Å². The molecule has 2 atom stereocenters. The molecule has 1 aromatic rings. The van der Waals surface area contributed by atoms with E-state index in [-0.39, 0.29) is 18.1 Å². The molecule has 2 rings (SSSR count). The van der Waals surface area contributed by atoms with Crippen molar-refractivity contribution in [3.8, 4) is 0 Å². The number of hydrogen-bond acceptors (Lipinski definition) is 3. The van der Waals surface area contributed by atoms with Gasteiger partial charge in [0.2, 0.25) is 5.91 Å². The SMILES string of the molecule is CC(C(=O)Nc1cc(Cl)ccc1Cl)N1CCCC(O)C1. The summed E-state index contributed by atoms with van der Waals surface area (Å²) < 4.78 is 0. The molecular formula is C14H18Cl2N2O2. The Morgan fingerprint density at radius 3 is 2.95 bits per heavy atom. The van der Waals surface area contributed by atoms with Crippen LogP contribution in [0.4, 0.5) is 5.69 Å². The monoisotopic (exact) mass is 316 g/mol. The maximum Gasteiger partial charge on any atom is 0.241 e. The number of aliphatic hydroxyl groups excluding tert-OH is 1. The number of piperidine rings is 1. The van der Waals surface area contributed by atoms with Crippen molar-refractivity contribution < 1.29 is 9.90 Å². The first kappa shape index (κ1) is 15.6. The van der Waals surface area contributed by atoms with Crippen molar-refractivity contribution in [2.24, 2.45) is 0 Å². The largest absolute Gasteiger partial charge is 0.392 e. The smallest absolute Gasteiger partial charge is 0.241 e. The third kappa shape index (κ3) is 3.85. The van der Waals surface area contributed by atoms with E-state index in [0.29, 0.717) is 22.3 Å². The topological polar surface area (TPSA) is 52.6 Å². The molecule has 6 heteroatoms. The standard InChI is InChI=1S/C14H18Cl2N2O2/c1-9(18-6-2-3-11(19)8-18)14(20)17-13-7-10(15)4-5-12(13)16/h4-5,7,9,11,19H,2-3,6,8H2,1H3,(H,17,20). The summed E-state index contributed by atoms with van der Waals surface area (Å²) in [5.41, 5.74) is 0.508. The normalized spacial score (nSPS) is 21.5. The lowest BCUT2D eigenvalue weighted by molar-refractivity contribution is -0.121. The van der Waals surface area contributed by atoms with Crippen LogP contribution in [0.2, 0.25) is 10.0 Å². The molecule has 1 aliphatic heterocycles. The third-order valence-electron chi connectivity index (χ3n) is 3.54. The van der Waals surface area contributed by atoms with E-state index in [2.05, 4.69) is 5.32 Å². The number of carbonyl (C=O) groups is 1. The quantitative estimate of drug-likeness (QED) is 0.901. The Balaban J connectivity index is 2.02. The van der Waals surface area contributed by atoms with Crippen molar-refractivity contribution >= 4 is 34.8 Å². The molecule has 1 aliphatic rings. The van der Waals surface area contributed by atoms with Crippen LogP contribution in [0.25, 0.3) is 0 Å². The molecule has 0 saturated carbocycles. The maximum atomic E-state index is 12.2. The molecular weight excluding hydrogens is 299 g/mol. The predicted molar refractivity (Wildman–Crippen MR) is 81.4 cm³/mol. The van der Waals surface area contributed by atoms with Gasteiger partial charge in [0.15, 0.2) is 0 Å². The van der Waals surface area contributed by atoms with Crippen LogP contribution < -0.4 is 5.32 Å². The molecule has 1 fully saturated rings. The van der Waals surface area contributed by atoms with Crippen molar-refractivity contribution in [2.45, 2.75) is 31.9 Å². The molecule has 0 aromatic heterocycles. The zero-order valence-corrected chi connectivity index (χ0v) is 12.8. The first-order valence-corrected chi connectivity index (χ1v) is 7.41. The highest BCUT2D eigenvalue weighted by molar-refractivity contribution is 6.35. The molecule has 1 heterocycles. The summed E-state index contributed by atoms with van der Waals surface area (Å²) in [4.78, 5) is 14.2. The van der Waals surface area contributed by atoms with Gasteiger partial charge in [0.1, 0.15) is 0 Å². The van der Waals surface area contributed by atoms with E-state index >= 15 is 0 Å². The molecule has 2 N–H and O–H groups in total. The lowest BCUT2D eigenvalue weighted by Gasteiger charge is -2.34. The number of nitrogens with zero attached hydrogens (tertiary/aromatic N) is 1. The lowest BCUT2D eigenvalue weighted by atomic mass is 10.1. The number of rotatable bonds is 3. The summed E-state index contributed by atoms with van der Waals surface area (Å²) in [6.07, 6.45) is 1.34. The lowest BCUT2D eigenvalue weighted by Crippen LogP contribution is -2.48. The van der Waals surface area contributed by atoms with E-state index in [0.717, 1.165) is 19.4 Å². The van der Waals surface area contributed by atoms with Crippen LogP contribution in [-0.4, -0.2) is 41.1 Å². The molecule has 2 unspecified atom stereocenters. The molecule has 20 heavy (non-hydrogen) atoms. The second-order valence-electron chi connectivity index (χ2n) is 5.08. The minimum absolute atomic E-state index is 0.150. The van der Waals surface area contributed by atoms with Gasteiger partial charge in [-0.25, -0.2) is 0 Å². The summed E-state index contributed by atoms with van der Waals surface area (Å²) in [7, 11) is 0. The molecule has 1 saturated heterocycles. The van der Waals surface area contributed by atoms with Gasteiger partial charge >= 0.3 is 0 Å². The van der Waals surface area contributed by atoms with Gasteiger partial charge in [0, 0.05) is 11.6 Å². The number of aliphatic hydroxyl groups is 1. The Morgan fingerprint density at radius 1 is 1.50 bits per heavy atom. The first-order chi connectivity index (χ1) is 9.47. The number of benzene rings is 1. The zero-order chi connectivity index (χ0) is 14.7. The predicted octanol–water partition coefficient (Wildman–Crippen LogP) is 2.78. The molecule has 4 nitrogen and oxygen atoms in total. The van der Waals surface area contributed by atoms with Crippen molar-refractivity contribution in [2.75, 3.05) is 18.4 Å². The summed E-state index contributed by atoms with van der Waals surface area (Å²) >= 11 is 11.9. The fourth-order valence-corrected chi connectivity index (χ4v) is 2.67. The average molecular weight is 317 g/mol. The highest BCUT2D eigenvalue weighted by Crippen LogP contribution is 2.26. The number of amides is 1. The van der Waals surface area contributed by atoms with Crippen LogP contribution in [0, 0.1) is 0 Å². The minimum Gasteiger partial charge on any atom is -0.392 e. The maximum absolute atomic E-state index is 12.2. The van der Waals surface area contributed by atoms with Crippen molar-refractivity contribution in [3.05, 3.63) is 28.2 Å². The molecule has 0 spiro atoms. The molecule has 110 valence electrons. The van der Waals surface area contributed by atoms with E-state index in [1.165, 1.54) is 0 Å². The van der Waals surface area contributed by atoms with Crippen molar-refractivity contribution in [3.63, 3.8) is 0 Å². The van der Waals surface area contributed by atoms with Crippen LogP contribution in [-0.2, 0) is 4.79 Å². The third-order valence-corrected chi connectivity index (χ3v) is 4.11. The van der Waals surface area contributed by atoms with Crippen LogP contribution in [0.1, 0.15) is 19.8 Å². The highest BCUT2D eigenvalue weighted by atomic mass is 35.5. The average Bonchev–Trinajstić information content (AvgIpc) is 2.42. The summed E-state index contributed by atoms with van der Waals surface area (Å²) in [6.45, 7) is 3.17. The number of likely N-dealkylation sites (tertiary alicyclic amines) is 1. The van der Waals surface area contributed by atoms with Crippen LogP contribution >= 0.6 is 23.2 Å². The van der Waals surface area contributed by atoms with E-state index in [1.54, 1.807) is 18.2 Å². The van der Waals surface area contributed by atoms with Crippen LogP contribution in [0.15, 0.2) is 18.2 Å². The van der Waals surface area contributed by atoms with Gasteiger partial charge in [-0.2, -0.15) is 0 Å². The van der Waals surface area contributed by atoms with Gasteiger partial charge < -0.3 is 10.4 Å². The Kier molecular flexibility index (Phi) is 5.27. The number of halogens is 2. The van der Waals surface area contributed by atoms with E-state index in [9.17, 15) is 9.90 Å². The zero-order valence-electron chi connectivity index (χ0n) is 11.3. The van der Waals surface area contributed by atoms with Gasteiger partial charge in [0.25, 0.3) is 0 Å². The highest BCUT2D eigenvalue weighted by Gasteiger charge is 2.26. The Labute approximate surface area is 128 Å². The van der Waals surface area contributed by atoms with Crippen LogP contribution in [0.5, 0.6) is 0 Å². The second kappa shape index (κ2) is 6.76. The molecule has 1 amide bonds.